The van der Waals surface area contributed by atoms with E-state index in [0.717, 1.165) is 12.0 Å². The van der Waals surface area contributed by atoms with E-state index in [1.807, 2.05) is 12.1 Å². The van der Waals surface area contributed by atoms with Gasteiger partial charge in [-0.25, -0.2) is 0 Å². The van der Waals surface area contributed by atoms with Crippen molar-refractivity contribution in [1.29, 1.82) is 0 Å². The van der Waals surface area contributed by atoms with Crippen LogP contribution in [0.25, 0.3) is 0 Å². The third kappa shape index (κ3) is 3.91. The van der Waals surface area contributed by atoms with Crippen LogP contribution in [0.2, 0.25) is 0 Å². The lowest BCUT2D eigenvalue weighted by molar-refractivity contribution is 0.0889. The maximum atomic E-state index is 12.1. The molecule has 1 unspecified atom stereocenters. The molecule has 0 bridgehead atoms. The normalized spacial score (nSPS) is 12.9. The summed E-state index contributed by atoms with van der Waals surface area (Å²) in [6, 6.07) is 5.27. The first-order valence-corrected chi connectivity index (χ1v) is 6.57. The van der Waals surface area contributed by atoms with E-state index in [-0.39, 0.29) is 23.1 Å². The average Bonchev–Trinajstić information content (AvgIpc) is 2.91. The van der Waals surface area contributed by atoms with Crippen LogP contribution in [0.5, 0.6) is 0 Å². The van der Waals surface area contributed by atoms with E-state index in [2.05, 4.69) is 36.2 Å². The number of rotatable bonds is 4. The highest BCUT2D eigenvalue weighted by Gasteiger charge is 2.23. The molecular weight excluding hydrogens is 254 g/mol. The molecule has 0 aliphatic carbocycles. The van der Waals surface area contributed by atoms with Crippen LogP contribution in [0.1, 0.15) is 49.4 Å². The minimum absolute atomic E-state index is 0.0786. The van der Waals surface area contributed by atoms with Gasteiger partial charge in [0, 0.05) is 18.5 Å². The molecule has 20 heavy (non-hydrogen) atoms. The van der Waals surface area contributed by atoms with Crippen molar-refractivity contribution in [1.82, 2.24) is 15.5 Å². The molecule has 2 rings (SSSR count). The number of carbonyl (C=O) groups excluding carboxylic acids is 1. The van der Waals surface area contributed by atoms with Crippen molar-refractivity contribution in [2.24, 2.45) is 5.41 Å². The summed E-state index contributed by atoms with van der Waals surface area (Å²) < 4.78 is 4.88. The van der Waals surface area contributed by atoms with Crippen molar-refractivity contribution in [2.45, 2.75) is 33.2 Å². The van der Waals surface area contributed by atoms with E-state index in [4.69, 9.17) is 4.52 Å². The highest BCUT2D eigenvalue weighted by Crippen LogP contribution is 2.29. The second-order valence-corrected chi connectivity index (χ2v) is 5.95. The van der Waals surface area contributed by atoms with Crippen LogP contribution in [0.4, 0.5) is 0 Å². The lowest BCUT2D eigenvalue weighted by atomic mass is 9.86. The predicted molar refractivity (Wildman–Crippen MR) is 75.0 cm³/mol. The van der Waals surface area contributed by atoms with Gasteiger partial charge in [-0.05, 0) is 23.5 Å². The number of nitrogens with one attached hydrogen (secondary N) is 1. The first kappa shape index (κ1) is 14.2. The van der Waals surface area contributed by atoms with Gasteiger partial charge in [-0.3, -0.25) is 9.78 Å². The molecule has 0 spiro atoms. The number of nitrogens with zero attached hydrogens (tertiary/aromatic N) is 2. The molecule has 1 amide bonds. The zero-order valence-corrected chi connectivity index (χ0v) is 12.0. The maximum Gasteiger partial charge on any atom is 0.290 e. The zero-order valence-electron chi connectivity index (χ0n) is 12.0. The first-order chi connectivity index (χ1) is 9.46. The van der Waals surface area contributed by atoms with Crippen molar-refractivity contribution in [2.75, 3.05) is 0 Å². The maximum absolute atomic E-state index is 12.1. The van der Waals surface area contributed by atoms with Crippen molar-refractivity contribution in [3.8, 4) is 0 Å². The number of hydrogen-bond acceptors (Lipinski definition) is 4. The van der Waals surface area contributed by atoms with Crippen molar-refractivity contribution in [3.05, 3.63) is 48.1 Å². The molecule has 0 radical (unpaired) electrons. The molecule has 0 saturated heterocycles. The topological polar surface area (TPSA) is 68.0 Å². The Morgan fingerprint density at radius 3 is 2.70 bits per heavy atom. The van der Waals surface area contributed by atoms with E-state index in [1.54, 1.807) is 18.5 Å². The highest BCUT2D eigenvalue weighted by molar-refractivity contribution is 5.91. The van der Waals surface area contributed by atoms with Crippen LogP contribution in [-0.2, 0) is 0 Å². The lowest BCUT2D eigenvalue weighted by Crippen LogP contribution is -2.31. The first-order valence-electron chi connectivity index (χ1n) is 6.57. The van der Waals surface area contributed by atoms with Gasteiger partial charge >= 0.3 is 0 Å². The van der Waals surface area contributed by atoms with Gasteiger partial charge in [-0.2, -0.15) is 0 Å². The van der Waals surface area contributed by atoms with E-state index in [9.17, 15) is 4.79 Å². The van der Waals surface area contributed by atoms with Gasteiger partial charge in [0.25, 0.3) is 5.91 Å². The number of amides is 1. The Bertz CT molecular complexity index is 544. The molecule has 0 aromatic carbocycles. The molecule has 106 valence electrons. The molecular formula is C15H19N3O2. The highest BCUT2D eigenvalue weighted by atomic mass is 16.5. The Kier molecular flexibility index (Phi) is 4.17. The fourth-order valence-electron chi connectivity index (χ4n) is 2.01. The van der Waals surface area contributed by atoms with Gasteiger partial charge in [0.05, 0.1) is 12.2 Å². The number of aromatic nitrogens is 2. The van der Waals surface area contributed by atoms with E-state index >= 15 is 0 Å². The monoisotopic (exact) mass is 273 g/mol. The molecule has 1 N–H and O–H groups in total. The summed E-state index contributed by atoms with van der Waals surface area (Å²) in [5.41, 5.74) is 1.06. The quantitative estimate of drug-likeness (QED) is 0.929. The summed E-state index contributed by atoms with van der Waals surface area (Å²) in [5.74, 6) is -0.0478. The van der Waals surface area contributed by atoms with E-state index < -0.39 is 0 Å². The summed E-state index contributed by atoms with van der Waals surface area (Å²) in [6.07, 6.45) is 5.75. The van der Waals surface area contributed by atoms with Gasteiger partial charge in [0.1, 0.15) is 0 Å². The second kappa shape index (κ2) is 5.86. The van der Waals surface area contributed by atoms with Gasteiger partial charge in [0.15, 0.2) is 0 Å². The van der Waals surface area contributed by atoms with E-state index in [0.29, 0.717) is 0 Å². The molecule has 2 aromatic rings. The third-order valence-corrected chi connectivity index (χ3v) is 2.87. The molecule has 2 aromatic heterocycles. The van der Waals surface area contributed by atoms with Crippen LogP contribution in [0, 0.1) is 5.41 Å². The fourth-order valence-corrected chi connectivity index (χ4v) is 2.01. The standard InChI is InChI=1S/C15H19N3O2/c1-15(2,3)9-12(11-5-4-7-16-10-11)18-14(19)13-6-8-17-20-13/h4-8,10,12H,9H2,1-3H3,(H,18,19). The summed E-state index contributed by atoms with van der Waals surface area (Å²) in [6.45, 7) is 6.41. The van der Waals surface area contributed by atoms with Crippen molar-refractivity contribution >= 4 is 5.91 Å². The molecule has 5 heteroatoms. The smallest absolute Gasteiger partial charge is 0.290 e. The van der Waals surface area contributed by atoms with Crippen molar-refractivity contribution in [3.63, 3.8) is 0 Å². The number of pyridine rings is 1. The number of hydrogen-bond donors (Lipinski definition) is 1. The summed E-state index contributed by atoms with van der Waals surface area (Å²) in [5, 5.41) is 6.53. The Hall–Kier alpha value is -2.17. The van der Waals surface area contributed by atoms with E-state index in [1.165, 1.54) is 6.20 Å². The molecule has 0 saturated carbocycles. The SMILES string of the molecule is CC(C)(C)CC(NC(=O)c1ccno1)c1cccnc1. The van der Waals surface area contributed by atoms with Gasteiger partial charge in [0.2, 0.25) is 5.76 Å². The van der Waals surface area contributed by atoms with Gasteiger partial charge in [-0.1, -0.05) is 32.0 Å². The Balaban J connectivity index is 2.17. The molecule has 5 nitrogen and oxygen atoms in total. The predicted octanol–water partition coefficient (Wildman–Crippen LogP) is 2.98. The average molecular weight is 273 g/mol. The summed E-state index contributed by atoms with van der Waals surface area (Å²) in [7, 11) is 0. The molecule has 0 fully saturated rings. The van der Waals surface area contributed by atoms with Crippen molar-refractivity contribution < 1.29 is 9.32 Å². The van der Waals surface area contributed by atoms with Crippen LogP contribution in [0.3, 0.4) is 0 Å². The minimum Gasteiger partial charge on any atom is -0.351 e. The molecule has 0 aliphatic heterocycles. The zero-order chi connectivity index (χ0) is 14.6. The van der Waals surface area contributed by atoms with Crippen LogP contribution in [0.15, 0.2) is 41.3 Å². The molecule has 0 aliphatic rings. The van der Waals surface area contributed by atoms with Crippen LogP contribution >= 0.6 is 0 Å². The largest absolute Gasteiger partial charge is 0.351 e. The Labute approximate surface area is 118 Å². The Morgan fingerprint density at radius 2 is 2.15 bits per heavy atom. The second-order valence-electron chi connectivity index (χ2n) is 5.95. The Morgan fingerprint density at radius 1 is 1.35 bits per heavy atom. The van der Waals surface area contributed by atoms with Gasteiger partial charge in [-0.15, -0.1) is 0 Å². The minimum atomic E-state index is -0.263. The molecule has 2 heterocycles. The lowest BCUT2D eigenvalue weighted by Gasteiger charge is -2.26. The van der Waals surface area contributed by atoms with Crippen LogP contribution < -0.4 is 5.32 Å². The van der Waals surface area contributed by atoms with Crippen LogP contribution in [-0.4, -0.2) is 16.0 Å². The number of carbonyl (C=O) groups is 1. The summed E-state index contributed by atoms with van der Waals surface area (Å²) >= 11 is 0. The third-order valence-electron chi connectivity index (χ3n) is 2.87. The fraction of sp³-hybridized carbons (Fsp3) is 0.400. The summed E-state index contributed by atoms with van der Waals surface area (Å²) in [4.78, 5) is 16.2. The molecule has 1 atom stereocenters. The van der Waals surface area contributed by atoms with Gasteiger partial charge < -0.3 is 9.84 Å².